The largest absolute Gasteiger partial charge is 0.485 e. The molecule has 4 rings (SSSR count). The Kier molecular flexibility index (Phi) is 8.47. The van der Waals surface area contributed by atoms with Gasteiger partial charge in [-0.15, -0.1) is 21.5 Å². The number of halogens is 2. The third-order valence-electron chi connectivity index (χ3n) is 5.34. The third kappa shape index (κ3) is 6.30. The van der Waals surface area contributed by atoms with Crippen LogP contribution in [-0.2, 0) is 23.2 Å². The van der Waals surface area contributed by atoms with Gasteiger partial charge >= 0.3 is 5.97 Å². The normalized spacial score (nSPS) is 10.8. The Hall–Kier alpha value is -3.41. The number of esters is 1. The van der Waals surface area contributed by atoms with E-state index in [0.29, 0.717) is 37.9 Å². The minimum Gasteiger partial charge on any atom is -0.485 e. The highest BCUT2D eigenvalue weighted by Crippen LogP contribution is 2.36. The molecule has 0 aliphatic heterocycles. The SMILES string of the molecule is COC(=O)c1c(-c2ccc(F)cc2)csc1NC(=O)CSc1nnc(COc2ccc(Cl)cc2C)n1C. The van der Waals surface area contributed by atoms with Crippen LogP contribution in [0.15, 0.2) is 53.0 Å². The van der Waals surface area contributed by atoms with Gasteiger partial charge in [-0.25, -0.2) is 9.18 Å². The summed E-state index contributed by atoms with van der Waals surface area (Å²) in [6, 6.07) is 11.1. The molecule has 1 N–H and O–H groups in total. The number of aryl methyl sites for hydroxylation is 1. The number of carbonyl (C=O) groups is 2. The molecule has 0 bridgehead atoms. The summed E-state index contributed by atoms with van der Waals surface area (Å²) < 4.78 is 25.8. The van der Waals surface area contributed by atoms with Crippen molar-refractivity contribution < 1.29 is 23.5 Å². The topological polar surface area (TPSA) is 95.3 Å². The number of anilines is 1. The molecule has 4 aromatic rings. The van der Waals surface area contributed by atoms with Gasteiger partial charge in [-0.3, -0.25) is 4.79 Å². The molecule has 12 heteroatoms. The van der Waals surface area contributed by atoms with Gasteiger partial charge in [-0.05, 0) is 48.4 Å². The number of benzene rings is 2. The summed E-state index contributed by atoms with van der Waals surface area (Å²) in [5.41, 5.74) is 2.31. The molecule has 8 nitrogen and oxygen atoms in total. The van der Waals surface area contributed by atoms with Crippen molar-refractivity contribution in [2.75, 3.05) is 18.2 Å². The quantitative estimate of drug-likeness (QED) is 0.206. The molecule has 0 aliphatic rings. The number of aromatic nitrogens is 3. The molecule has 0 fully saturated rings. The molecule has 0 saturated heterocycles. The zero-order valence-corrected chi connectivity index (χ0v) is 22.5. The summed E-state index contributed by atoms with van der Waals surface area (Å²) in [6.45, 7) is 2.10. The van der Waals surface area contributed by atoms with E-state index in [2.05, 4.69) is 15.5 Å². The first-order valence-electron chi connectivity index (χ1n) is 10.9. The summed E-state index contributed by atoms with van der Waals surface area (Å²) >= 11 is 8.37. The Labute approximate surface area is 225 Å². The monoisotopic (exact) mass is 560 g/mol. The number of thiophene rings is 1. The minimum absolute atomic E-state index is 0.0352. The number of nitrogens with one attached hydrogen (secondary N) is 1. The molecule has 0 spiro atoms. The number of ether oxygens (including phenoxy) is 2. The van der Waals surface area contributed by atoms with Crippen molar-refractivity contribution in [3.05, 3.63) is 75.6 Å². The van der Waals surface area contributed by atoms with Gasteiger partial charge in [-0.2, -0.15) is 0 Å². The molecule has 0 radical (unpaired) electrons. The van der Waals surface area contributed by atoms with Crippen molar-refractivity contribution in [1.29, 1.82) is 0 Å². The van der Waals surface area contributed by atoms with Gasteiger partial charge in [0.1, 0.15) is 28.7 Å². The van der Waals surface area contributed by atoms with Gasteiger partial charge in [-0.1, -0.05) is 35.5 Å². The number of nitrogens with zero attached hydrogens (tertiary/aromatic N) is 3. The van der Waals surface area contributed by atoms with Gasteiger partial charge in [0.2, 0.25) is 5.91 Å². The van der Waals surface area contributed by atoms with Crippen molar-refractivity contribution in [3.8, 4) is 16.9 Å². The summed E-state index contributed by atoms with van der Waals surface area (Å²) in [6.07, 6.45) is 0. The molecule has 0 aliphatic carbocycles. The first-order valence-corrected chi connectivity index (χ1v) is 13.2. The minimum atomic E-state index is -0.600. The Bertz CT molecular complexity index is 1440. The van der Waals surface area contributed by atoms with Crippen LogP contribution in [0, 0.1) is 12.7 Å². The van der Waals surface area contributed by atoms with E-state index in [0.717, 1.165) is 5.56 Å². The number of hydrogen-bond acceptors (Lipinski definition) is 8. The molecule has 192 valence electrons. The fourth-order valence-electron chi connectivity index (χ4n) is 3.40. The lowest BCUT2D eigenvalue weighted by atomic mass is 10.0. The molecule has 0 saturated carbocycles. The van der Waals surface area contributed by atoms with Crippen molar-refractivity contribution in [2.24, 2.45) is 7.05 Å². The fraction of sp³-hybridized carbons (Fsp3) is 0.200. The maximum absolute atomic E-state index is 13.3. The maximum atomic E-state index is 13.3. The lowest BCUT2D eigenvalue weighted by Crippen LogP contribution is -2.16. The second-order valence-corrected chi connectivity index (χ2v) is 10.1. The first-order chi connectivity index (χ1) is 17.8. The second kappa shape index (κ2) is 11.8. The standard InChI is InChI=1S/C25H22ClFN4O4S2/c1-14-10-16(26)6-9-19(14)35-11-20-29-30-25(31(20)2)37-13-21(32)28-23-22(24(33)34-3)18(12-36-23)15-4-7-17(27)8-5-15/h4-10,12H,11,13H2,1-3H3,(H,28,32). The molecule has 2 aromatic heterocycles. The van der Waals surface area contributed by atoms with Crippen LogP contribution in [0.1, 0.15) is 21.7 Å². The maximum Gasteiger partial charge on any atom is 0.341 e. The summed E-state index contributed by atoms with van der Waals surface area (Å²) in [7, 11) is 3.05. The van der Waals surface area contributed by atoms with E-state index in [1.54, 1.807) is 41.3 Å². The molecule has 0 unspecified atom stereocenters. The summed E-state index contributed by atoms with van der Waals surface area (Å²) in [4.78, 5) is 25.2. The van der Waals surface area contributed by atoms with E-state index in [4.69, 9.17) is 21.1 Å². The number of rotatable bonds is 9. The van der Waals surface area contributed by atoms with Crippen molar-refractivity contribution in [1.82, 2.24) is 14.8 Å². The molecular weight excluding hydrogens is 539 g/mol. The number of thioether (sulfide) groups is 1. The molecule has 2 heterocycles. The van der Waals surface area contributed by atoms with Crippen molar-refractivity contribution >= 4 is 51.6 Å². The highest BCUT2D eigenvalue weighted by atomic mass is 35.5. The van der Waals surface area contributed by atoms with Gasteiger partial charge < -0.3 is 19.4 Å². The molecule has 0 atom stereocenters. The van der Waals surface area contributed by atoms with Gasteiger partial charge in [0, 0.05) is 23.0 Å². The van der Waals surface area contributed by atoms with Gasteiger partial charge in [0.05, 0.1) is 12.9 Å². The van der Waals surface area contributed by atoms with Crippen LogP contribution in [0.5, 0.6) is 5.75 Å². The average molecular weight is 561 g/mol. The number of hydrogen-bond donors (Lipinski definition) is 1. The highest BCUT2D eigenvalue weighted by molar-refractivity contribution is 7.99. The Morgan fingerprint density at radius 1 is 1.19 bits per heavy atom. The fourth-order valence-corrected chi connectivity index (χ4v) is 5.33. The van der Waals surface area contributed by atoms with E-state index in [1.165, 1.54) is 42.3 Å². The van der Waals surface area contributed by atoms with Crippen LogP contribution < -0.4 is 10.1 Å². The zero-order chi connectivity index (χ0) is 26.5. The average Bonchev–Trinajstić information content (AvgIpc) is 3.45. The van der Waals surface area contributed by atoms with E-state index in [1.807, 2.05) is 13.0 Å². The third-order valence-corrected chi connectivity index (χ3v) is 7.49. The Morgan fingerprint density at radius 2 is 1.95 bits per heavy atom. The van der Waals surface area contributed by atoms with Crippen LogP contribution in [0.3, 0.4) is 0 Å². The molecular formula is C25H22ClFN4O4S2. The molecule has 1 amide bonds. The van der Waals surface area contributed by atoms with E-state index >= 15 is 0 Å². The number of carbonyl (C=O) groups excluding carboxylic acids is 2. The van der Waals surface area contributed by atoms with E-state index in [9.17, 15) is 14.0 Å². The predicted octanol–water partition coefficient (Wildman–Crippen LogP) is 5.74. The number of amides is 1. The highest BCUT2D eigenvalue weighted by Gasteiger charge is 2.23. The number of methoxy groups -OCH3 is 1. The van der Waals surface area contributed by atoms with Gasteiger partial charge in [0.25, 0.3) is 0 Å². The second-order valence-electron chi connectivity index (χ2n) is 7.85. The zero-order valence-electron chi connectivity index (χ0n) is 20.1. The lowest BCUT2D eigenvalue weighted by Gasteiger charge is -2.09. The van der Waals surface area contributed by atoms with E-state index < -0.39 is 5.97 Å². The summed E-state index contributed by atoms with van der Waals surface area (Å²) in [5.74, 6) is -0.000730. The van der Waals surface area contributed by atoms with E-state index in [-0.39, 0.29) is 29.6 Å². The Balaban J connectivity index is 1.40. The summed E-state index contributed by atoms with van der Waals surface area (Å²) in [5, 5.41) is 14.3. The smallest absolute Gasteiger partial charge is 0.341 e. The van der Waals surface area contributed by atoms with Gasteiger partial charge in [0.15, 0.2) is 11.0 Å². The van der Waals surface area contributed by atoms with Crippen molar-refractivity contribution in [3.63, 3.8) is 0 Å². The van der Waals surface area contributed by atoms with Crippen LogP contribution in [-0.4, -0.2) is 39.5 Å². The Morgan fingerprint density at radius 3 is 2.65 bits per heavy atom. The molecule has 2 aromatic carbocycles. The van der Waals surface area contributed by atoms with Crippen LogP contribution in [0.25, 0.3) is 11.1 Å². The van der Waals surface area contributed by atoms with Crippen LogP contribution >= 0.6 is 34.7 Å². The predicted molar refractivity (Wildman–Crippen MR) is 142 cm³/mol. The lowest BCUT2D eigenvalue weighted by molar-refractivity contribution is -0.113. The van der Waals surface area contributed by atoms with Crippen LogP contribution in [0.2, 0.25) is 5.02 Å². The van der Waals surface area contributed by atoms with Crippen molar-refractivity contribution in [2.45, 2.75) is 18.7 Å². The molecule has 37 heavy (non-hydrogen) atoms. The van der Waals surface area contributed by atoms with Crippen LogP contribution in [0.4, 0.5) is 9.39 Å². The first kappa shape index (κ1) is 26.6.